The van der Waals surface area contributed by atoms with E-state index in [2.05, 4.69) is 20.7 Å². The summed E-state index contributed by atoms with van der Waals surface area (Å²) in [5.74, 6) is 2.07. The normalized spacial score (nSPS) is 24.0. The standard InChI is InChI=1S/C8H15N5S/c1-9-7(6-4-3-5-14-6)8-10-12-13(2)11-8/h6-7,9H,3-5H2,1-2H3. The van der Waals surface area contributed by atoms with E-state index in [4.69, 9.17) is 0 Å². The number of nitrogens with zero attached hydrogens (tertiary/aromatic N) is 4. The summed E-state index contributed by atoms with van der Waals surface area (Å²) in [7, 11) is 3.75. The van der Waals surface area contributed by atoms with E-state index in [0.29, 0.717) is 5.25 Å². The summed E-state index contributed by atoms with van der Waals surface area (Å²) in [4.78, 5) is 1.51. The summed E-state index contributed by atoms with van der Waals surface area (Å²) in [6, 6.07) is 0.246. The molecule has 6 heteroatoms. The molecule has 1 saturated heterocycles. The van der Waals surface area contributed by atoms with E-state index >= 15 is 0 Å². The first-order valence-electron chi connectivity index (χ1n) is 4.84. The molecule has 2 heterocycles. The lowest BCUT2D eigenvalue weighted by Crippen LogP contribution is -2.27. The lowest BCUT2D eigenvalue weighted by Gasteiger charge is -2.18. The molecule has 1 aromatic rings. The van der Waals surface area contributed by atoms with Crippen molar-refractivity contribution in [1.29, 1.82) is 0 Å². The number of thioether (sulfide) groups is 1. The van der Waals surface area contributed by atoms with Gasteiger partial charge in [0.15, 0.2) is 5.82 Å². The molecule has 1 N–H and O–H groups in total. The number of aryl methyl sites for hydroxylation is 1. The van der Waals surface area contributed by atoms with Gasteiger partial charge in [0, 0.05) is 5.25 Å². The van der Waals surface area contributed by atoms with Crippen LogP contribution in [0.5, 0.6) is 0 Å². The maximum Gasteiger partial charge on any atom is 0.192 e. The molecule has 2 unspecified atom stereocenters. The molecule has 14 heavy (non-hydrogen) atoms. The first-order chi connectivity index (χ1) is 6.81. The third-order valence-corrected chi connectivity index (χ3v) is 3.91. The molecule has 0 saturated carbocycles. The summed E-state index contributed by atoms with van der Waals surface area (Å²) >= 11 is 2.00. The fourth-order valence-corrected chi connectivity index (χ4v) is 3.19. The van der Waals surface area contributed by atoms with Gasteiger partial charge < -0.3 is 5.32 Å². The van der Waals surface area contributed by atoms with E-state index in [1.165, 1.54) is 23.4 Å². The molecular weight excluding hydrogens is 198 g/mol. The minimum atomic E-state index is 0.246. The summed E-state index contributed by atoms with van der Waals surface area (Å²) in [6.07, 6.45) is 2.54. The quantitative estimate of drug-likeness (QED) is 0.786. The first kappa shape index (κ1) is 9.92. The fourth-order valence-electron chi connectivity index (χ4n) is 1.77. The van der Waals surface area contributed by atoms with Gasteiger partial charge in [-0.1, -0.05) is 0 Å². The van der Waals surface area contributed by atoms with Gasteiger partial charge in [0.05, 0.1) is 13.1 Å². The monoisotopic (exact) mass is 213 g/mol. The van der Waals surface area contributed by atoms with Crippen LogP contribution < -0.4 is 5.32 Å². The second-order valence-corrected chi connectivity index (χ2v) is 4.80. The molecule has 1 aliphatic heterocycles. The van der Waals surface area contributed by atoms with E-state index < -0.39 is 0 Å². The Morgan fingerprint density at radius 3 is 3.00 bits per heavy atom. The smallest absolute Gasteiger partial charge is 0.192 e. The second-order valence-electron chi connectivity index (χ2n) is 3.45. The van der Waals surface area contributed by atoms with Crippen LogP contribution in [0.2, 0.25) is 0 Å². The Balaban J connectivity index is 2.12. The Hall–Kier alpha value is -0.620. The van der Waals surface area contributed by atoms with Crippen molar-refractivity contribution in [2.75, 3.05) is 12.8 Å². The third-order valence-electron chi connectivity index (χ3n) is 2.45. The number of hydrogen-bond donors (Lipinski definition) is 1. The summed E-state index contributed by atoms with van der Waals surface area (Å²) in [5, 5.41) is 16.0. The molecule has 1 aliphatic rings. The predicted octanol–water partition coefficient (Wildman–Crippen LogP) is 0.366. The van der Waals surface area contributed by atoms with Crippen molar-refractivity contribution in [2.45, 2.75) is 24.1 Å². The van der Waals surface area contributed by atoms with Crippen LogP contribution in [-0.4, -0.2) is 38.3 Å². The van der Waals surface area contributed by atoms with Gasteiger partial charge in [-0.2, -0.15) is 16.6 Å². The zero-order valence-corrected chi connectivity index (χ0v) is 9.29. The highest BCUT2D eigenvalue weighted by molar-refractivity contribution is 8.00. The number of tetrazole rings is 1. The van der Waals surface area contributed by atoms with Crippen molar-refractivity contribution < 1.29 is 0 Å². The molecular formula is C8H15N5S. The Kier molecular flexibility index (Phi) is 3.02. The second kappa shape index (κ2) is 4.27. The number of hydrogen-bond acceptors (Lipinski definition) is 5. The molecule has 1 fully saturated rings. The van der Waals surface area contributed by atoms with Crippen LogP contribution in [0.1, 0.15) is 24.7 Å². The van der Waals surface area contributed by atoms with Crippen LogP contribution in [0.15, 0.2) is 0 Å². The van der Waals surface area contributed by atoms with Gasteiger partial charge in [0.1, 0.15) is 0 Å². The van der Waals surface area contributed by atoms with Crippen LogP contribution in [0.3, 0.4) is 0 Å². The molecule has 78 valence electrons. The first-order valence-corrected chi connectivity index (χ1v) is 5.89. The third kappa shape index (κ3) is 1.90. The molecule has 2 atom stereocenters. The average molecular weight is 213 g/mol. The largest absolute Gasteiger partial charge is 0.309 e. The number of aromatic nitrogens is 4. The van der Waals surface area contributed by atoms with E-state index in [1.807, 2.05) is 18.8 Å². The minimum absolute atomic E-state index is 0.246. The van der Waals surface area contributed by atoms with Crippen LogP contribution in [-0.2, 0) is 7.05 Å². The highest BCUT2D eigenvalue weighted by Gasteiger charge is 2.28. The Bertz CT molecular complexity index is 294. The van der Waals surface area contributed by atoms with Gasteiger partial charge >= 0.3 is 0 Å². The van der Waals surface area contributed by atoms with Crippen LogP contribution in [0, 0.1) is 0 Å². The van der Waals surface area contributed by atoms with E-state index in [0.717, 1.165) is 5.82 Å². The lowest BCUT2D eigenvalue weighted by atomic mass is 10.1. The molecule has 0 aromatic carbocycles. The van der Waals surface area contributed by atoms with E-state index in [9.17, 15) is 0 Å². The van der Waals surface area contributed by atoms with Crippen molar-refractivity contribution in [3.63, 3.8) is 0 Å². The molecule has 0 amide bonds. The maximum atomic E-state index is 4.25. The maximum absolute atomic E-state index is 4.25. The van der Waals surface area contributed by atoms with Crippen molar-refractivity contribution >= 4 is 11.8 Å². The highest BCUT2D eigenvalue weighted by Crippen LogP contribution is 2.34. The van der Waals surface area contributed by atoms with Crippen molar-refractivity contribution in [1.82, 2.24) is 25.5 Å². The lowest BCUT2D eigenvalue weighted by molar-refractivity contribution is 0.520. The van der Waals surface area contributed by atoms with Gasteiger partial charge in [0.25, 0.3) is 0 Å². The molecule has 0 aliphatic carbocycles. The van der Waals surface area contributed by atoms with Crippen LogP contribution >= 0.6 is 11.8 Å². The topological polar surface area (TPSA) is 55.6 Å². The van der Waals surface area contributed by atoms with Crippen molar-refractivity contribution in [3.05, 3.63) is 5.82 Å². The SMILES string of the molecule is CNC(c1nnn(C)n1)C1CCCS1. The Morgan fingerprint density at radius 2 is 2.50 bits per heavy atom. The zero-order chi connectivity index (χ0) is 9.97. The average Bonchev–Trinajstić information content (AvgIpc) is 2.79. The molecule has 2 rings (SSSR count). The molecule has 0 radical (unpaired) electrons. The molecule has 0 spiro atoms. The van der Waals surface area contributed by atoms with Gasteiger partial charge in [-0.25, -0.2) is 0 Å². The van der Waals surface area contributed by atoms with Gasteiger partial charge in [-0.3, -0.25) is 0 Å². The molecule has 1 aromatic heterocycles. The number of rotatable bonds is 3. The van der Waals surface area contributed by atoms with E-state index in [-0.39, 0.29) is 6.04 Å². The van der Waals surface area contributed by atoms with Crippen molar-refractivity contribution in [2.24, 2.45) is 7.05 Å². The fraction of sp³-hybridized carbons (Fsp3) is 0.875. The summed E-state index contributed by atoms with van der Waals surface area (Å²) < 4.78 is 0. The van der Waals surface area contributed by atoms with Gasteiger partial charge in [-0.05, 0) is 30.9 Å². The number of nitrogens with one attached hydrogen (secondary N) is 1. The summed E-state index contributed by atoms with van der Waals surface area (Å²) in [5.41, 5.74) is 0. The van der Waals surface area contributed by atoms with E-state index in [1.54, 1.807) is 7.05 Å². The predicted molar refractivity (Wildman–Crippen MR) is 56.1 cm³/mol. The van der Waals surface area contributed by atoms with Crippen LogP contribution in [0.4, 0.5) is 0 Å². The summed E-state index contributed by atoms with van der Waals surface area (Å²) in [6.45, 7) is 0. The Labute approximate surface area is 87.6 Å². The van der Waals surface area contributed by atoms with Crippen LogP contribution in [0.25, 0.3) is 0 Å². The van der Waals surface area contributed by atoms with Gasteiger partial charge in [0.2, 0.25) is 0 Å². The molecule has 0 bridgehead atoms. The van der Waals surface area contributed by atoms with Gasteiger partial charge in [-0.15, -0.1) is 10.2 Å². The molecule has 5 nitrogen and oxygen atoms in total. The zero-order valence-electron chi connectivity index (χ0n) is 8.47. The minimum Gasteiger partial charge on any atom is -0.309 e. The Morgan fingerprint density at radius 1 is 1.64 bits per heavy atom. The van der Waals surface area contributed by atoms with Crippen molar-refractivity contribution in [3.8, 4) is 0 Å². The highest BCUT2D eigenvalue weighted by atomic mass is 32.2.